The van der Waals surface area contributed by atoms with Crippen molar-refractivity contribution in [1.29, 1.82) is 0 Å². The number of fused-ring (bicyclic) bond motifs is 1. The van der Waals surface area contributed by atoms with E-state index >= 15 is 0 Å². The summed E-state index contributed by atoms with van der Waals surface area (Å²) in [5, 5.41) is 2.28. The molecule has 2 nitrogen and oxygen atoms in total. The summed E-state index contributed by atoms with van der Waals surface area (Å²) in [6.45, 7) is 2.07. The third-order valence-electron chi connectivity index (χ3n) is 2.16. The molecule has 0 atom stereocenters. The van der Waals surface area contributed by atoms with Gasteiger partial charge in [-0.15, -0.1) is 0 Å². The normalized spacial score (nSPS) is 10.5. The summed E-state index contributed by atoms with van der Waals surface area (Å²) in [6.07, 6.45) is 3.71. The molecule has 0 spiro atoms. The molecular formula is C11H10INO. The molecular weight excluding hydrogens is 289 g/mol. The first-order chi connectivity index (χ1) is 6.72. The molecule has 0 saturated heterocycles. The van der Waals surface area contributed by atoms with Crippen molar-refractivity contribution < 1.29 is 4.74 Å². The van der Waals surface area contributed by atoms with E-state index in [1.54, 1.807) is 7.11 Å². The van der Waals surface area contributed by atoms with Crippen LogP contribution in [0, 0.1) is 10.5 Å². The lowest BCUT2D eigenvalue weighted by Gasteiger charge is -2.07. The minimum Gasteiger partial charge on any atom is -0.496 e. The molecule has 3 heteroatoms. The van der Waals surface area contributed by atoms with Gasteiger partial charge in [0.15, 0.2) is 0 Å². The average Bonchev–Trinajstić information content (AvgIpc) is 2.18. The Bertz CT molecular complexity index is 482. The molecule has 0 saturated carbocycles. The number of halogens is 1. The van der Waals surface area contributed by atoms with Crippen LogP contribution in [-0.2, 0) is 0 Å². The van der Waals surface area contributed by atoms with Gasteiger partial charge in [0.25, 0.3) is 0 Å². The van der Waals surface area contributed by atoms with Gasteiger partial charge in [-0.05, 0) is 47.2 Å². The minimum atomic E-state index is 0.894. The number of benzene rings is 1. The first-order valence-corrected chi connectivity index (χ1v) is 5.38. The van der Waals surface area contributed by atoms with Crippen molar-refractivity contribution in [3.05, 3.63) is 33.7 Å². The van der Waals surface area contributed by atoms with E-state index in [9.17, 15) is 0 Å². The maximum absolute atomic E-state index is 5.32. The third-order valence-corrected chi connectivity index (χ3v) is 3.01. The molecule has 0 aliphatic rings. The smallest absolute Gasteiger partial charge is 0.128 e. The molecule has 1 aromatic heterocycles. The Morgan fingerprint density at radius 1 is 1.21 bits per heavy atom. The summed E-state index contributed by atoms with van der Waals surface area (Å²) < 4.78 is 6.47. The maximum atomic E-state index is 5.32. The molecule has 0 radical (unpaired) electrons. The molecule has 0 bridgehead atoms. The lowest BCUT2D eigenvalue weighted by Crippen LogP contribution is -1.89. The molecule has 0 amide bonds. The van der Waals surface area contributed by atoms with E-state index in [4.69, 9.17) is 4.74 Å². The zero-order chi connectivity index (χ0) is 10.1. The van der Waals surface area contributed by atoms with Gasteiger partial charge >= 0.3 is 0 Å². The van der Waals surface area contributed by atoms with E-state index in [1.165, 1.54) is 10.9 Å². The number of pyridine rings is 1. The minimum absolute atomic E-state index is 0.894. The molecule has 1 aromatic carbocycles. The van der Waals surface area contributed by atoms with Crippen molar-refractivity contribution in [3.63, 3.8) is 0 Å². The van der Waals surface area contributed by atoms with Crippen LogP contribution in [0.5, 0.6) is 5.75 Å². The molecule has 72 valence electrons. The predicted molar refractivity (Wildman–Crippen MR) is 65.7 cm³/mol. The lowest BCUT2D eigenvalue weighted by molar-refractivity contribution is 0.419. The number of rotatable bonds is 1. The van der Waals surface area contributed by atoms with Crippen LogP contribution in [0.3, 0.4) is 0 Å². The molecule has 0 fully saturated rings. The number of hydrogen-bond donors (Lipinski definition) is 0. The summed E-state index contributed by atoms with van der Waals surface area (Å²) in [7, 11) is 1.69. The van der Waals surface area contributed by atoms with Gasteiger partial charge in [0.1, 0.15) is 5.75 Å². The van der Waals surface area contributed by atoms with E-state index in [1.807, 2.05) is 18.5 Å². The predicted octanol–water partition coefficient (Wildman–Crippen LogP) is 3.16. The van der Waals surface area contributed by atoms with Crippen LogP contribution in [0.4, 0.5) is 0 Å². The standard InChI is InChI=1S/C11H10INO/c1-7-3-8-9(11(4-7)14-2)5-13-6-10(8)12/h3-6H,1-2H3. The van der Waals surface area contributed by atoms with Gasteiger partial charge in [-0.3, -0.25) is 4.98 Å². The van der Waals surface area contributed by atoms with Gasteiger partial charge in [-0.1, -0.05) is 0 Å². The van der Waals surface area contributed by atoms with Gasteiger partial charge in [0, 0.05) is 26.7 Å². The molecule has 2 aromatic rings. The number of hydrogen-bond acceptors (Lipinski definition) is 2. The third kappa shape index (κ3) is 1.56. The van der Waals surface area contributed by atoms with Crippen LogP contribution >= 0.6 is 22.6 Å². The van der Waals surface area contributed by atoms with Gasteiger partial charge < -0.3 is 4.74 Å². The number of aromatic nitrogens is 1. The summed E-state index contributed by atoms with van der Waals surface area (Å²) in [5.74, 6) is 0.894. The Balaban J connectivity index is 2.87. The SMILES string of the molecule is COc1cc(C)cc2c(I)cncc12. The first-order valence-electron chi connectivity index (χ1n) is 4.30. The van der Waals surface area contributed by atoms with E-state index < -0.39 is 0 Å². The Morgan fingerprint density at radius 2 is 2.00 bits per heavy atom. The fourth-order valence-electron chi connectivity index (χ4n) is 1.51. The second kappa shape index (κ2) is 3.73. The van der Waals surface area contributed by atoms with Crippen molar-refractivity contribution in [1.82, 2.24) is 4.98 Å². The molecule has 2 rings (SSSR count). The van der Waals surface area contributed by atoms with Crippen molar-refractivity contribution >= 4 is 33.4 Å². The summed E-state index contributed by atoms with van der Waals surface area (Å²) >= 11 is 2.29. The van der Waals surface area contributed by atoms with Crippen molar-refractivity contribution in [2.45, 2.75) is 6.92 Å². The van der Waals surface area contributed by atoms with Gasteiger partial charge in [0.2, 0.25) is 0 Å². The van der Waals surface area contributed by atoms with E-state index in [-0.39, 0.29) is 0 Å². The summed E-state index contributed by atoms with van der Waals surface area (Å²) in [4.78, 5) is 4.16. The van der Waals surface area contributed by atoms with E-state index in [2.05, 4.69) is 40.6 Å². The zero-order valence-corrected chi connectivity index (χ0v) is 10.2. The van der Waals surface area contributed by atoms with Gasteiger partial charge in [-0.2, -0.15) is 0 Å². The van der Waals surface area contributed by atoms with Crippen LogP contribution in [-0.4, -0.2) is 12.1 Å². The van der Waals surface area contributed by atoms with Crippen LogP contribution in [0.1, 0.15) is 5.56 Å². The van der Waals surface area contributed by atoms with Crippen molar-refractivity contribution in [2.24, 2.45) is 0 Å². The Morgan fingerprint density at radius 3 is 2.71 bits per heavy atom. The Hall–Kier alpha value is -0.840. The number of ether oxygens (including phenoxy) is 1. The highest BCUT2D eigenvalue weighted by Crippen LogP contribution is 2.29. The molecule has 0 aliphatic carbocycles. The summed E-state index contributed by atoms with van der Waals surface area (Å²) in [5.41, 5.74) is 1.21. The highest BCUT2D eigenvalue weighted by Gasteiger charge is 2.05. The largest absolute Gasteiger partial charge is 0.496 e. The topological polar surface area (TPSA) is 22.1 Å². The molecule has 0 N–H and O–H groups in total. The van der Waals surface area contributed by atoms with Crippen LogP contribution < -0.4 is 4.74 Å². The zero-order valence-electron chi connectivity index (χ0n) is 8.04. The van der Waals surface area contributed by atoms with E-state index in [0.717, 1.165) is 14.7 Å². The second-order valence-electron chi connectivity index (χ2n) is 3.18. The second-order valence-corrected chi connectivity index (χ2v) is 4.35. The van der Waals surface area contributed by atoms with Crippen molar-refractivity contribution in [3.8, 4) is 5.75 Å². The number of nitrogens with zero attached hydrogens (tertiary/aromatic N) is 1. The summed E-state index contributed by atoms with van der Waals surface area (Å²) in [6, 6.07) is 4.18. The highest BCUT2D eigenvalue weighted by atomic mass is 127. The fourth-order valence-corrected chi connectivity index (χ4v) is 2.12. The highest BCUT2D eigenvalue weighted by molar-refractivity contribution is 14.1. The van der Waals surface area contributed by atoms with E-state index in [0.29, 0.717) is 0 Å². The van der Waals surface area contributed by atoms with Crippen LogP contribution in [0.25, 0.3) is 10.8 Å². The van der Waals surface area contributed by atoms with Crippen LogP contribution in [0.15, 0.2) is 24.5 Å². The van der Waals surface area contributed by atoms with Crippen molar-refractivity contribution in [2.75, 3.05) is 7.11 Å². The molecule has 14 heavy (non-hydrogen) atoms. The van der Waals surface area contributed by atoms with Crippen LogP contribution in [0.2, 0.25) is 0 Å². The first kappa shape index (κ1) is 9.71. The van der Waals surface area contributed by atoms with Gasteiger partial charge in [0.05, 0.1) is 7.11 Å². The quantitative estimate of drug-likeness (QED) is 0.755. The fraction of sp³-hybridized carbons (Fsp3) is 0.182. The number of aryl methyl sites for hydroxylation is 1. The van der Waals surface area contributed by atoms with Gasteiger partial charge in [-0.25, -0.2) is 0 Å². The Labute approximate surface area is 96.4 Å². The monoisotopic (exact) mass is 299 g/mol. The lowest BCUT2D eigenvalue weighted by atomic mass is 10.1. The molecule has 0 aliphatic heterocycles. The Kier molecular flexibility index (Phi) is 2.58. The average molecular weight is 299 g/mol. The maximum Gasteiger partial charge on any atom is 0.128 e. The molecule has 1 heterocycles. The molecule has 0 unspecified atom stereocenters. The number of methoxy groups -OCH3 is 1.